The highest BCUT2D eigenvalue weighted by atomic mass is 35.5. The zero-order chi connectivity index (χ0) is 7.40. The van der Waals surface area contributed by atoms with Gasteiger partial charge in [0, 0.05) is 10.7 Å². The van der Waals surface area contributed by atoms with Gasteiger partial charge in [-0.3, -0.25) is 0 Å². The van der Waals surface area contributed by atoms with Crippen molar-refractivity contribution in [3.05, 3.63) is 29.3 Å². The van der Waals surface area contributed by atoms with Gasteiger partial charge >= 0.3 is 0 Å². The number of benzene rings is 1. The van der Waals surface area contributed by atoms with Crippen LogP contribution in [0.5, 0.6) is 0 Å². The van der Waals surface area contributed by atoms with Gasteiger partial charge in [-0.05, 0) is 24.3 Å². The molecule has 0 atom stereocenters. The van der Waals surface area contributed by atoms with E-state index < -0.39 is 0 Å². The summed E-state index contributed by atoms with van der Waals surface area (Å²) in [4.78, 5) is 0. The maximum Gasteiger partial charge on any atom is 0.113 e. The second-order valence-electron chi connectivity index (χ2n) is 1.84. The van der Waals surface area contributed by atoms with Crippen LogP contribution in [0.2, 0.25) is 5.02 Å². The van der Waals surface area contributed by atoms with Crippen molar-refractivity contribution >= 4 is 17.3 Å². The van der Waals surface area contributed by atoms with Gasteiger partial charge in [-0.15, -0.1) is 0 Å². The number of halogens is 1. The van der Waals surface area contributed by atoms with Gasteiger partial charge in [0.05, 0.1) is 0 Å². The van der Waals surface area contributed by atoms with Crippen LogP contribution in [0.15, 0.2) is 24.3 Å². The highest BCUT2D eigenvalue weighted by Gasteiger charge is 1.87. The summed E-state index contributed by atoms with van der Waals surface area (Å²) < 4.78 is 0. The second kappa shape index (κ2) is 3.44. The summed E-state index contributed by atoms with van der Waals surface area (Å²) in [6.45, 7) is -0.0539. The molecule has 54 valence electrons. The lowest BCUT2D eigenvalue weighted by Crippen LogP contribution is -1.98. The highest BCUT2D eigenvalue weighted by molar-refractivity contribution is 6.30. The molecule has 0 spiro atoms. The van der Waals surface area contributed by atoms with E-state index in [2.05, 4.69) is 5.32 Å². The number of anilines is 1. The molecule has 3 heteroatoms. The first-order valence-corrected chi connectivity index (χ1v) is 3.31. The van der Waals surface area contributed by atoms with Crippen LogP contribution < -0.4 is 5.32 Å². The van der Waals surface area contributed by atoms with E-state index in [9.17, 15) is 0 Å². The van der Waals surface area contributed by atoms with E-state index in [1.165, 1.54) is 0 Å². The molecule has 1 aromatic rings. The minimum atomic E-state index is -0.0539. The predicted molar refractivity (Wildman–Crippen MR) is 42.2 cm³/mol. The molecule has 1 rings (SSSR count). The Kier molecular flexibility index (Phi) is 2.54. The van der Waals surface area contributed by atoms with Crippen LogP contribution in [0.1, 0.15) is 0 Å². The molecule has 0 aliphatic heterocycles. The van der Waals surface area contributed by atoms with Crippen molar-refractivity contribution in [2.24, 2.45) is 0 Å². The van der Waals surface area contributed by atoms with Crippen molar-refractivity contribution in [2.45, 2.75) is 0 Å². The van der Waals surface area contributed by atoms with Gasteiger partial charge in [0.1, 0.15) is 6.73 Å². The first kappa shape index (κ1) is 7.38. The second-order valence-corrected chi connectivity index (χ2v) is 2.28. The lowest BCUT2D eigenvalue weighted by atomic mass is 10.3. The summed E-state index contributed by atoms with van der Waals surface area (Å²) in [6.07, 6.45) is 0. The molecule has 0 aliphatic carbocycles. The van der Waals surface area contributed by atoms with E-state index in [0.29, 0.717) is 5.02 Å². The van der Waals surface area contributed by atoms with Crippen LogP contribution >= 0.6 is 11.6 Å². The third-order valence-electron chi connectivity index (χ3n) is 1.13. The summed E-state index contributed by atoms with van der Waals surface area (Å²) in [5.74, 6) is 0. The van der Waals surface area contributed by atoms with Gasteiger partial charge in [-0.1, -0.05) is 11.6 Å². The maximum absolute atomic E-state index is 8.44. The molecule has 0 heterocycles. The molecule has 0 bridgehead atoms. The van der Waals surface area contributed by atoms with E-state index >= 15 is 0 Å². The molecule has 10 heavy (non-hydrogen) atoms. The number of hydrogen-bond acceptors (Lipinski definition) is 2. The van der Waals surface area contributed by atoms with Crippen molar-refractivity contribution in [1.82, 2.24) is 0 Å². The Morgan fingerprint density at radius 1 is 1.30 bits per heavy atom. The Hall–Kier alpha value is -0.730. The quantitative estimate of drug-likeness (QED) is 0.641. The van der Waals surface area contributed by atoms with E-state index in [4.69, 9.17) is 16.7 Å². The van der Waals surface area contributed by atoms with E-state index in [0.717, 1.165) is 5.69 Å². The molecular formula is C7H8ClNO. The third-order valence-corrected chi connectivity index (χ3v) is 1.38. The lowest BCUT2D eigenvalue weighted by molar-refractivity contribution is 0.325. The van der Waals surface area contributed by atoms with E-state index in [1.807, 2.05) is 0 Å². The van der Waals surface area contributed by atoms with Gasteiger partial charge in [-0.25, -0.2) is 0 Å². The summed E-state index contributed by atoms with van der Waals surface area (Å²) in [7, 11) is 0. The van der Waals surface area contributed by atoms with Crippen LogP contribution in [0.3, 0.4) is 0 Å². The monoisotopic (exact) mass is 157 g/mol. The Morgan fingerprint density at radius 3 is 2.40 bits per heavy atom. The smallest absolute Gasteiger partial charge is 0.113 e. The molecule has 2 N–H and O–H groups in total. The topological polar surface area (TPSA) is 32.3 Å². The number of aliphatic hydroxyl groups is 1. The summed E-state index contributed by atoms with van der Waals surface area (Å²) in [5.41, 5.74) is 0.868. The molecule has 0 amide bonds. The molecule has 0 fully saturated rings. The first-order valence-electron chi connectivity index (χ1n) is 2.93. The van der Waals surface area contributed by atoms with Gasteiger partial charge in [0.25, 0.3) is 0 Å². The molecule has 2 nitrogen and oxygen atoms in total. The average Bonchev–Trinajstić information content (AvgIpc) is 1.95. The summed E-state index contributed by atoms with van der Waals surface area (Å²) >= 11 is 5.62. The largest absolute Gasteiger partial charge is 0.377 e. The van der Waals surface area contributed by atoms with Gasteiger partial charge < -0.3 is 10.4 Å². The van der Waals surface area contributed by atoms with Crippen molar-refractivity contribution in [3.8, 4) is 0 Å². The minimum absolute atomic E-state index is 0.0539. The maximum atomic E-state index is 8.44. The Morgan fingerprint density at radius 2 is 1.90 bits per heavy atom. The van der Waals surface area contributed by atoms with Gasteiger partial charge in [0.2, 0.25) is 0 Å². The van der Waals surface area contributed by atoms with Crippen LogP contribution in [0.4, 0.5) is 5.69 Å². The van der Waals surface area contributed by atoms with Gasteiger partial charge in [-0.2, -0.15) is 0 Å². The Balaban J connectivity index is 2.69. The number of nitrogens with one attached hydrogen (secondary N) is 1. The zero-order valence-electron chi connectivity index (χ0n) is 5.34. The summed E-state index contributed by atoms with van der Waals surface area (Å²) in [5, 5.41) is 11.9. The normalized spacial score (nSPS) is 9.40. The van der Waals surface area contributed by atoms with Crippen LogP contribution in [0, 0.1) is 0 Å². The SMILES string of the molecule is OCNc1ccc(Cl)cc1. The van der Waals surface area contributed by atoms with Crippen LogP contribution in [-0.4, -0.2) is 11.8 Å². The summed E-state index contributed by atoms with van der Waals surface area (Å²) in [6, 6.07) is 7.14. The molecule has 0 saturated carbocycles. The van der Waals surface area contributed by atoms with Gasteiger partial charge in [0.15, 0.2) is 0 Å². The minimum Gasteiger partial charge on any atom is -0.377 e. The fourth-order valence-electron chi connectivity index (χ4n) is 0.659. The fraction of sp³-hybridized carbons (Fsp3) is 0.143. The third kappa shape index (κ3) is 1.90. The van der Waals surface area contributed by atoms with Crippen molar-refractivity contribution in [2.75, 3.05) is 12.0 Å². The van der Waals surface area contributed by atoms with E-state index in [1.54, 1.807) is 24.3 Å². The molecular weight excluding hydrogens is 150 g/mol. The van der Waals surface area contributed by atoms with E-state index in [-0.39, 0.29) is 6.73 Å². The highest BCUT2D eigenvalue weighted by Crippen LogP contribution is 2.12. The van der Waals surface area contributed by atoms with Crippen LogP contribution in [-0.2, 0) is 0 Å². The molecule has 0 aromatic heterocycles. The first-order chi connectivity index (χ1) is 4.83. The molecule has 0 saturated heterocycles. The van der Waals surface area contributed by atoms with Crippen LogP contribution in [0.25, 0.3) is 0 Å². The van der Waals surface area contributed by atoms with Crippen molar-refractivity contribution in [3.63, 3.8) is 0 Å². The van der Waals surface area contributed by atoms with Crippen molar-refractivity contribution < 1.29 is 5.11 Å². The lowest BCUT2D eigenvalue weighted by Gasteiger charge is -2.00. The molecule has 1 aromatic carbocycles. The van der Waals surface area contributed by atoms with Crippen molar-refractivity contribution in [1.29, 1.82) is 0 Å². The zero-order valence-corrected chi connectivity index (χ0v) is 6.10. The predicted octanol–water partition coefficient (Wildman–Crippen LogP) is 1.70. The number of hydrogen-bond donors (Lipinski definition) is 2. The number of aliphatic hydroxyl groups excluding tert-OH is 1. The molecule has 0 radical (unpaired) electrons. The Labute approximate surface area is 64.4 Å². The standard InChI is InChI=1S/C7H8ClNO/c8-6-1-3-7(4-2-6)9-5-10/h1-4,9-10H,5H2. The number of rotatable bonds is 2. The average molecular weight is 158 g/mol. The Bertz CT molecular complexity index is 197. The molecule has 0 aliphatic rings. The molecule has 0 unspecified atom stereocenters. The fourth-order valence-corrected chi connectivity index (χ4v) is 0.785.